The highest BCUT2D eigenvalue weighted by Gasteiger charge is 2.31. The number of rotatable bonds is 5. The molecule has 8 heteroatoms. The molecule has 0 aliphatic heterocycles. The SMILES string of the molecule is Cc1ccc(-c2cn3nc(C(=O)N[C@H](C)CO)c(C4CCC4)c3c(=O)[nH]2)cc1F. The van der Waals surface area contributed by atoms with Crippen LogP contribution < -0.4 is 10.9 Å². The van der Waals surface area contributed by atoms with E-state index in [9.17, 15) is 19.1 Å². The van der Waals surface area contributed by atoms with Gasteiger partial charge in [0.2, 0.25) is 0 Å². The molecule has 1 atom stereocenters. The van der Waals surface area contributed by atoms with Crippen molar-refractivity contribution in [1.82, 2.24) is 19.9 Å². The molecule has 2 heterocycles. The molecule has 1 fully saturated rings. The molecule has 0 bridgehead atoms. The number of aliphatic hydroxyl groups is 1. The number of hydrogen-bond acceptors (Lipinski definition) is 4. The molecule has 1 amide bonds. The van der Waals surface area contributed by atoms with E-state index in [0.29, 0.717) is 27.9 Å². The van der Waals surface area contributed by atoms with Gasteiger partial charge in [0.25, 0.3) is 11.5 Å². The zero-order valence-electron chi connectivity index (χ0n) is 16.3. The van der Waals surface area contributed by atoms with E-state index in [4.69, 9.17) is 0 Å². The van der Waals surface area contributed by atoms with Crippen molar-refractivity contribution in [2.75, 3.05) is 6.61 Å². The van der Waals surface area contributed by atoms with E-state index in [2.05, 4.69) is 15.4 Å². The molecular weight excluding hydrogens is 375 g/mol. The number of halogens is 1. The van der Waals surface area contributed by atoms with Crippen LogP contribution in [0.3, 0.4) is 0 Å². The standard InChI is InChI=1S/C21H23FN4O3/c1-11-6-7-14(8-15(11)22)16-9-26-19(21(29)24-16)17(13-4-3-5-13)18(25-26)20(28)23-12(2)10-27/h6-9,12-13,27H,3-5,10H2,1-2H3,(H,23,28)(H,24,29)/t12-/m1/s1. The van der Waals surface area contributed by atoms with Crippen molar-refractivity contribution in [2.24, 2.45) is 0 Å². The van der Waals surface area contributed by atoms with Crippen LogP contribution in [0.15, 0.2) is 29.2 Å². The second kappa shape index (κ2) is 7.44. The Morgan fingerprint density at radius 3 is 2.83 bits per heavy atom. The van der Waals surface area contributed by atoms with Crippen molar-refractivity contribution in [3.63, 3.8) is 0 Å². The first-order valence-electron chi connectivity index (χ1n) is 9.73. The van der Waals surface area contributed by atoms with Gasteiger partial charge in [-0.3, -0.25) is 9.59 Å². The van der Waals surface area contributed by atoms with Gasteiger partial charge in [-0.1, -0.05) is 18.6 Å². The molecule has 0 radical (unpaired) electrons. The van der Waals surface area contributed by atoms with Crippen LogP contribution in [0.2, 0.25) is 0 Å². The van der Waals surface area contributed by atoms with Crippen LogP contribution in [-0.4, -0.2) is 38.3 Å². The van der Waals surface area contributed by atoms with Gasteiger partial charge in [-0.15, -0.1) is 0 Å². The van der Waals surface area contributed by atoms with Gasteiger partial charge in [-0.05, 0) is 44.2 Å². The van der Waals surface area contributed by atoms with E-state index >= 15 is 0 Å². The number of carbonyl (C=O) groups is 1. The third kappa shape index (κ3) is 3.44. The molecule has 29 heavy (non-hydrogen) atoms. The fourth-order valence-electron chi connectivity index (χ4n) is 3.60. The molecule has 3 N–H and O–H groups in total. The lowest BCUT2D eigenvalue weighted by atomic mass is 9.79. The number of H-pyrrole nitrogens is 1. The van der Waals surface area contributed by atoms with Crippen LogP contribution in [0.1, 0.15) is 53.7 Å². The highest BCUT2D eigenvalue weighted by Crippen LogP contribution is 2.39. The normalized spacial score (nSPS) is 15.3. The molecule has 1 aromatic carbocycles. The maximum Gasteiger partial charge on any atom is 0.274 e. The average Bonchev–Trinajstić information content (AvgIpc) is 3.02. The number of aliphatic hydroxyl groups excluding tert-OH is 1. The van der Waals surface area contributed by atoms with Crippen LogP contribution >= 0.6 is 0 Å². The summed E-state index contributed by atoms with van der Waals surface area (Å²) in [5.41, 5.74) is 2.27. The van der Waals surface area contributed by atoms with Crippen molar-refractivity contribution in [3.05, 3.63) is 57.4 Å². The first kappa shape index (κ1) is 19.3. The highest BCUT2D eigenvalue weighted by atomic mass is 19.1. The summed E-state index contributed by atoms with van der Waals surface area (Å²) in [6, 6.07) is 4.30. The fourth-order valence-corrected chi connectivity index (χ4v) is 3.60. The van der Waals surface area contributed by atoms with Crippen LogP contribution in [0.25, 0.3) is 16.8 Å². The minimum Gasteiger partial charge on any atom is -0.394 e. The molecule has 2 aromatic heterocycles. The van der Waals surface area contributed by atoms with Gasteiger partial charge in [0.05, 0.1) is 18.5 Å². The molecule has 1 aliphatic rings. The van der Waals surface area contributed by atoms with Gasteiger partial charge in [0.15, 0.2) is 5.69 Å². The summed E-state index contributed by atoms with van der Waals surface area (Å²) in [6.45, 7) is 3.16. The summed E-state index contributed by atoms with van der Waals surface area (Å²) in [4.78, 5) is 28.5. The van der Waals surface area contributed by atoms with Crippen molar-refractivity contribution < 1.29 is 14.3 Å². The fraction of sp³-hybridized carbons (Fsp3) is 0.381. The smallest absolute Gasteiger partial charge is 0.274 e. The van der Waals surface area contributed by atoms with Gasteiger partial charge in [0, 0.05) is 17.2 Å². The summed E-state index contributed by atoms with van der Waals surface area (Å²) in [5, 5.41) is 16.3. The maximum absolute atomic E-state index is 14.0. The topological polar surface area (TPSA) is 99.5 Å². The van der Waals surface area contributed by atoms with Gasteiger partial charge >= 0.3 is 0 Å². The van der Waals surface area contributed by atoms with Crippen LogP contribution in [0.5, 0.6) is 0 Å². The van der Waals surface area contributed by atoms with Gasteiger partial charge < -0.3 is 15.4 Å². The number of hydrogen-bond donors (Lipinski definition) is 3. The van der Waals surface area contributed by atoms with E-state index in [1.165, 1.54) is 10.6 Å². The largest absolute Gasteiger partial charge is 0.394 e. The molecule has 7 nitrogen and oxygen atoms in total. The second-order valence-electron chi connectivity index (χ2n) is 7.70. The van der Waals surface area contributed by atoms with Crippen LogP contribution in [-0.2, 0) is 0 Å². The number of aromatic nitrogens is 3. The number of aryl methyl sites for hydroxylation is 1. The molecular formula is C21H23FN4O3. The van der Waals surface area contributed by atoms with E-state index in [1.807, 2.05) is 0 Å². The minimum atomic E-state index is -0.425. The lowest BCUT2D eigenvalue weighted by Crippen LogP contribution is -2.36. The summed E-state index contributed by atoms with van der Waals surface area (Å²) in [5.74, 6) is -0.682. The Morgan fingerprint density at radius 1 is 1.45 bits per heavy atom. The Labute approximate surface area is 166 Å². The molecule has 0 unspecified atom stereocenters. The van der Waals surface area contributed by atoms with Crippen LogP contribution in [0.4, 0.5) is 4.39 Å². The highest BCUT2D eigenvalue weighted by molar-refractivity contribution is 5.96. The zero-order chi connectivity index (χ0) is 20.7. The summed E-state index contributed by atoms with van der Waals surface area (Å²) >= 11 is 0. The van der Waals surface area contributed by atoms with Gasteiger partial charge in [-0.2, -0.15) is 5.10 Å². The lowest BCUT2D eigenvalue weighted by Gasteiger charge is -2.25. The maximum atomic E-state index is 14.0. The number of nitrogens with zero attached hydrogens (tertiary/aromatic N) is 2. The molecule has 0 spiro atoms. The third-order valence-electron chi connectivity index (χ3n) is 5.52. The zero-order valence-corrected chi connectivity index (χ0v) is 16.3. The monoisotopic (exact) mass is 398 g/mol. The number of aromatic amines is 1. The average molecular weight is 398 g/mol. The number of fused-ring (bicyclic) bond motifs is 1. The van der Waals surface area contributed by atoms with E-state index in [-0.39, 0.29) is 29.6 Å². The van der Waals surface area contributed by atoms with E-state index in [1.54, 1.807) is 32.2 Å². The Kier molecular flexibility index (Phi) is 4.96. The number of carbonyl (C=O) groups excluding carboxylic acids is 1. The quantitative estimate of drug-likeness (QED) is 0.615. The first-order chi connectivity index (χ1) is 13.9. The lowest BCUT2D eigenvalue weighted by molar-refractivity contribution is 0.0915. The first-order valence-corrected chi connectivity index (χ1v) is 9.73. The van der Waals surface area contributed by atoms with Gasteiger partial charge in [-0.25, -0.2) is 8.91 Å². The number of amides is 1. The van der Waals surface area contributed by atoms with Gasteiger partial charge in [0.1, 0.15) is 11.3 Å². The predicted octanol–water partition coefficient (Wildman–Crippen LogP) is 2.52. The third-order valence-corrected chi connectivity index (χ3v) is 5.52. The van der Waals surface area contributed by atoms with Crippen molar-refractivity contribution >= 4 is 11.4 Å². The summed E-state index contributed by atoms with van der Waals surface area (Å²) in [7, 11) is 0. The second-order valence-corrected chi connectivity index (χ2v) is 7.70. The number of benzene rings is 1. The number of nitrogens with one attached hydrogen (secondary N) is 2. The minimum absolute atomic E-state index is 0.0986. The molecule has 152 valence electrons. The molecule has 3 aromatic rings. The molecule has 1 saturated carbocycles. The Bertz CT molecular complexity index is 1150. The Morgan fingerprint density at radius 2 is 2.21 bits per heavy atom. The predicted molar refractivity (Wildman–Crippen MR) is 107 cm³/mol. The Hall–Kier alpha value is -3.00. The molecule has 0 saturated heterocycles. The molecule has 1 aliphatic carbocycles. The molecule has 4 rings (SSSR count). The Balaban J connectivity index is 1.86. The van der Waals surface area contributed by atoms with Crippen molar-refractivity contribution in [2.45, 2.75) is 45.1 Å². The van der Waals surface area contributed by atoms with E-state index in [0.717, 1.165) is 19.3 Å². The van der Waals surface area contributed by atoms with Crippen molar-refractivity contribution in [3.8, 4) is 11.3 Å². The summed E-state index contributed by atoms with van der Waals surface area (Å²) in [6.07, 6.45) is 4.42. The van der Waals surface area contributed by atoms with Crippen LogP contribution in [0, 0.1) is 12.7 Å². The van der Waals surface area contributed by atoms with Crippen molar-refractivity contribution in [1.29, 1.82) is 0 Å². The summed E-state index contributed by atoms with van der Waals surface area (Å²) < 4.78 is 15.4. The van der Waals surface area contributed by atoms with E-state index < -0.39 is 11.9 Å².